The Bertz CT molecular complexity index is 1260. The molecule has 0 saturated carbocycles. The van der Waals surface area contributed by atoms with Crippen LogP contribution in [0.2, 0.25) is 0 Å². The number of para-hydroxylation sites is 1. The van der Waals surface area contributed by atoms with Gasteiger partial charge in [0, 0.05) is 16.7 Å². The Morgan fingerprint density at radius 1 is 1.34 bits per heavy atom. The number of carbonyl (C=O) groups is 2. The fourth-order valence-corrected chi connectivity index (χ4v) is 4.73. The molecule has 0 spiro atoms. The number of rotatable bonds is 12. The van der Waals surface area contributed by atoms with Crippen LogP contribution in [-0.4, -0.2) is 43.4 Å². The highest BCUT2D eigenvalue weighted by atomic mass is 31.1. The number of phenols is 1. The largest absolute Gasteiger partial charge is 0.575 e. The second kappa shape index (κ2) is 13.4. The van der Waals surface area contributed by atoms with Crippen LogP contribution in [-0.2, 0) is 38.6 Å². The lowest BCUT2D eigenvalue weighted by atomic mass is 9.95. The molecule has 2 aromatic carbocycles. The number of esters is 2. The molecule has 0 aromatic heterocycles. The van der Waals surface area contributed by atoms with Crippen LogP contribution < -0.4 is 14.2 Å². The van der Waals surface area contributed by atoms with Crippen molar-refractivity contribution in [3.8, 4) is 17.2 Å². The summed E-state index contributed by atoms with van der Waals surface area (Å²) < 4.78 is 30.6. The lowest BCUT2D eigenvalue weighted by Crippen LogP contribution is -2.18. The summed E-state index contributed by atoms with van der Waals surface area (Å²) in [7, 11) is -0.971. The van der Waals surface area contributed by atoms with Crippen molar-refractivity contribution in [3.63, 3.8) is 0 Å². The zero-order valence-corrected chi connectivity index (χ0v) is 23.0. The molecule has 1 N–H and O–H groups in total. The molecule has 1 aliphatic rings. The number of cyclic esters (lactones) is 1. The Kier molecular flexibility index (Phi) is 10.2. The highest BCUT2D eigenvalue weighted by Crippen LogP contribution is 2.42. The van der Waals surface area contributed by atoms with Crippen molar-refractivity contribution in [1.29, 1.82) is 0 Å². The molecule has 0 radical (unpaired) electrons. The van der Waals surface area contributed by atoms with Gasteiger partial charge in [0.15, 0.2) is 11.8 Å². The third-order valence-corrected chi connectivity index (χ3v) is 6.82. The number of fused-ring (bicyclic) bond motifs is 1. The number of hydrogen-bond donors (Lipinski definition) is 1. The van der Waals surface area contributed by atoms with Gasteiger partial charge in [0.2, 0.25) is 0 Å². The summed E-state index contributed by atoms with van der Waals surface area (Å²) in [6.45, 7) is 7.67. The van der Waals surface area contributed by atoms with Crippen molar-refractivity contribution in [1.82, 2.24) is 0 Å². The Morgan fingerprint density at radius 3 is 2.79 bits per heavy atom. The number of benzene rings is 2. The third-order valence-electron chi connectivity index (χ3n) is 5.93. The van der Waals surface area contributed by atoms with Gasteiger partial charge < -0.3 is 28.9 Å². The first-order chi connectivity index (χ1) is 18.2. The van der Waals surface area contributed by atoms with Gasteiger partial charge in [0.25, 0.3) is 0 Å². The summed E-state index contributed by atoms with van der Waals surface area (Å²) in [5.41, 5.74) is 3.65. The van der Waals surface area contributed by atoms with Crippen molar-refractivity contribution in [2.24, 2.45) is 4.74 Å². The molecule has 0 saturated heterocycles. The highest BCUT2D eigenvalue weighted by molar-refractivity contribution is 7.34. The zero-order chi connectivity index (χ0) is 27.8. The quantitative estimate of drug-likeness (QED) is 0.236. The number of methoxy groups -OCH3 is 1. The molecule has 2 unspecified atom stereocenters. The van der Waals surface area contributed by atoms with E-state index in [1.54, 1.807) is 31.2 Å². The smallest absolute Gasteiger partial charge is 0.395 e. The van der Waals surface area contributed by atoms with Crippen LogP contribution in [0.3, 0.4) is 0 Å². The molecule has 0 fully saturated rings. The van der Waals surface area contributed by atoms with Crippen molar-refractivity contribution in [2.75, 3.05) is 20.3 Å². The summed E-state index contributed by atoms with van der Waals surface area (Å²) in [5, 5.41) is 10.8. The fourth-order valence-electron chi connectivity index (χ4n) is 3.96. The van der Waals surface area contributed by atoms with Crippen LogP contribution in [0.15, 0.2) is 40.7 Å². The molecule has 0 bridgehead atoms. The summed E-state index contributed by atoms with van der Waals surface area (Å²) in [6, 6.07) is 6.05. The van der Waals surface area contributed by atoms with Crippen LogP contribution in [0.5, 0.6) is 17.2 Å². The minimum Gasteiger partial charge on any atom is -0.575 e. The molecule has 1 heterocycles. The molecule has 3 rings (SSSR count). The van der Waals surface area contributed by atoms with Crippen molar-refractivity contribution in [2.45, 2.75) is 53.4 Å². The van der Waals surface area contributed by atoms with E-state index in [1.807, 2.05) is 19.9 Å². The molecule has 0 amide bonds. The lowest BCUT2D eigenvalue weighted by molar-refractivity contribution is -0.169. The maximum Gasteiger partial charge on any atom is 0.395 e. The Balaban J connectivity index is 1.64. The molecule has 204 valence electrons. The van der Waals surface area contributed by atoms with Gasteiger partial charge in [-0.25, -0.2) is 9.59 Å². The number of allylic oxidation sites excluding steroid dienone is 1. The summed E-state index contributed by atoms with van der Waals surface area (Å²) >= 11 is 0. The van der Waals surface area contributed by atoms with E-state index in [-0.39, 0.29) is 37.7 Å². The van der Waals surface area contributed by atoms with Gasteiger partial charge in [0.1, 0.15) is 23.7 Å². The lowest BCUT2D eigenvalue weighted by Gasteiger charge is -2.15. The van der Waals surface area contributed by atoms with Gasteiger partial charge in [-0.3, -0.25) is 4.52 Å². The molecular formula is C27H32NO9P. The molecule has 1 aliphatic heterocycles. The molecular weight excluding hydrogens is 513 g/mol. The fraction of sp³-hybridized carbons (Fsp3) is 0.407. The number of hydrogen-bond acceptors (Lipinski definition) is 10. The number of phenolic OH excluding ortho intramolecular Hbond substituents is 1. The predicted molar refractivity (Wildman–Crippen MR) is 138 cm³/mol. The minimum atomic E-state index is -2.49. The number of ether oxygens (including phenoxy) is 4. The van der Waals surface area contributed by atoms with Gasteiger partial charge in [-0.1, -0.05) is 34.6 Å². The molecule has 38 heavy (non-hydrogen) atoms. The first-order valence-corrected chi connectivity index (χ1v) is 13.2. The van der Waals surface area contributed by atoms with E-state index >= 15 is 0 Å². The number of nitrogens with zero attached hydrogens (tertiary/aromatic N) is 1. The zero-order valence-electron chi connectivity index (χ0n) is 22.1. The Hall–Kier alpha value is -3.46. The second-order valence-corrected chi connectivity index (χ2v) is 9.53. The molecule has 2 aromatic rings. The first kappa shape index (κ1) is 29.1. The number of aromatic hydroxyl groups is 1. The molecule has 2 atom stereocenters. The summed E-state index contributed by atoms with van der Waals surface area (Å²) in [4.78, 5) is 36.1. The topological polar surface area (TPSA) is 136 Å². The van der Waals surface area contributed by atoms with Crippen molar-refractivity contribution in [3.05, 3.63) is 63.7 Å². The van der Waals surface area contributed by atoms with Crippen LogP contribution in [0, 0.1) is 6.92 Å². The van der Waals surface area contributed by atoms with Gasteiger partial charge in [-0.05, 0) is 45.7 Å². The first-order valence-electron chi connectivity index (χ1n) is 12.1. The van der Waals surface area contributed by atoms with E-state index in [9.17, 15) is 19.6 Å². The molecule has 0 aliphatic carbocycles. The Labute approximate surface area is 222 Å². The van der Waals surface area contributed by atoms with E-state index in [2.05, 4.69) is 4.74 Å². The van der Waals surface area contributed by atoms with E-state index in [1.165, 1.54) is 14.0 Å². The maximum absolute atomic E-state index is 12.3. The van der Waals surface area contributed by atoms with Crippen LogP contribution >= 0.6 is 8.17 Å². The van der Waals surface area contributed by atoms with Gasteiger partial charge in [0.05, 0.1) is 26.9 Å². The average Bonchev–Trinajstić information content (AvgIpc) is 3.28. The maximum atomic E-state index is 12.3. The third kappa shape index (κ3) is 6.89. The summed E-state index contributed by atoms with van der Waals surface area (Å²) in [6.07, 6.45) is 2.21. The standard InChI is InChI=1S/C27H32NO9P/c1-6-35-26(30)18(4)28-38(32)37-22-10-8-7-9-19(22)14-34-13-16(2)11-12-20-24(29)23-21(15-36-27(23)31)17(3)25(20)33-5/h7-11,18,29H,6,12-15H2,1-5H3. The van der Waals surface area contributed by atoms with Gasteiger partial charge >= 0.3 is 20.1 Å². The predicted octanol–water partition coefficient (Wildman–Crippen LogP) is 4.27. The van der Waals surface area contributed by atoms with Crippen molar-refractivity contribution >= 4 is 20.1 Å². The Morgan fingerprint density at radius 2 is 2.08 bits per heavy atom. The summed E-state index contributed by atoms with van der Waals surface area (Å²) in [5.74, 6) is -0.381. The monoisotopic (exact) mass is 545 g/mol. The van der Waals surface area contributed by atoms with Crippen LogP contribution in [0.25, 0.3) is 0 Å². The SMILES string of the molecule is CCOC(=O)C(C)N=[P+]([O-])Oc1ccccc1COCC(C)=CCc1c(O)c2c(c(C)c1OC)COC2=O. The normalized spacial score (nSPS) is 14.1. The minimum absolute atomic E-state index is 0.116. The van der Waals surface area contributed by atoms with E-state index in [0.717, 1.165) is 11.1 Å². The van der Waals surface area contributed by atoms with E-state index in [0.29, 0.717) is 34.6 Å². The van der Waals surface area contributed by atoms with E-state index in [4.69, 9.17) is 23.5 Å². The van der Waals surface area contributed by atoms with Gasteiger partial charge in [-0.2, -0.15) is 0 Å². The second-order valence-electron chi connectivity index (χ2n) is 8.64. The van der Waals surface area contributed by atoms with Crippen LogP contribution in [0.4, 0.5) is 0 Å². The van der Waals surface area contributed by atoms with Crippen LogP contribution in [0.1, 0.15) is 53.4 Å². The van der Waals surface area contributed by atoms with Gasteiger partial charge in [-0.15, -0.1) is 0 Å². The molecule has 11 heteroatoms. The van der Waals surface area contributed by atoms with E-state index < -0.39 is 26.1 Å². The average molecular weight is 546 g/mol. The molecule has 10 nitrogen and oxygen atoms in total. The number of carbonyl (C=O) groups excluding carboxylic acids is 2. The van der Waals surface area contributed by atoms with Crippen molar-refractivity contribution < 1.29 is 43.1 Å². The highest BCUT2D eigenvalue weighted by Gasteiger charge is 2.31.